The van der Waals surface area contributed by atoms with Crippen LogP contribution in [-0.4, -0.2) is 6.61 Å². The van der Waals surface area contributed by atoms with Crippen molar-refractivity contribution in [2.75, 3.05) is 6.61 Å². The van der Waals surface area contributed by atoms with Crippen molar-refractivity contribution in [3.8, 4) is 0 Å². The highest BCUT2D eigenvalue weighted by atomic mass is 16.5. The first-order valence-corrected chi connectivity index (χ1v) is 11.2. The van der Waals surface area contributed by atoms with Crippen LogP contribution in [0.1, 0.15) is 82.3 Å². The lowest BCUT2D eigenvalue weighted by Crippen LogP contribution is -2.25. The van der Waals surface area contributed by atoms with Gasteiger partial charge in [0.25, 0.3) is 0 Å². The molecule has 2 aliphatic rings. The molecule has 27 heavy (non-hydrogen) atoms. The number of hydrogen-bond donors (Lipinski definition) is 0. The molecule has 0 saturated heterocycles. The van der Waals surface area contributed by atoms with E-state index in [1.807, 2.05) is 13.0 Å². The molecule has 0 N–H and O–H groups in total. The number of benzene rings is 1. The van der Waals surface area contributed by atoms with Crippen LogP contribution in [0.5, 0.6) is 0 Å². The van der Waals surface area contributed by atoms with E-state index < -0.39 is 0 Å². The number of ether oxygens (including phenoxy) is 1. The van der Waals surface area contributed by atoms with Crippen molar-refractivity contribution in [3.05, 3.63) is 59.7 Å². The maximum Gasteiger partial charge on any atom is 0.0721 e. The normalized spacial score (nSPS) is 29.6. The van der Waals surface area contributed by atoms with Gasteiger partial charge in [-0.3, -0.25) is 0 Å². The molecule has 1 heteroatoms. The molecule has 0 aromatic heterocycles. The zero-order chi connectivity index (χ0) is 18.9. The van der Waals surface area contributed by atoms with Gasteiger partial charge in [-0.05, 0) is 100 Å². The van der Waals surface area contributed by atoms with Gasteiger partial charge >= 0.3 is 0 Å². The number of allylic oxidation sites excluding steroid dienone is 3. The third kappa shape index (κ3) is 6.07. The summed E-state index contributed by atoms with van der Waals surface area (Å²) in [4.78, 5) is 0. The van der Waals surface area contributed by atoms with Crippen molar-refractivity contribution >= 4 is 0 Å². The van der Waals surface area contributed by atoms with Crippen LogP contribution in [0.15, 0.2) is 48.6 Å². The molecule has 0 atom stereocenters. The van der Waals surface area contributed by atoms with Crippen molar-refractivity contribution < 1.29 is 4.74 Å². The molecule has 0 heterocycles. The van der Waals surface area contributed by atoms with Gasteiger partial charge in [0.15, 0.2) is 0 Å². The monoisotopic (exact) mass is 366 g/mol. The SMILES string of the molecule is CC=CCOCc1ccc([C@H]2CC[C@H]([C@H]3CC[C@H](C=CC)CC3)CC2)cc1. The fraction of sp³-hybridized carbons (Fsp3) is 0.615. The fourth-order valence-electron chi connectivity index (χ4n) is 5.23. The smallest absolute Gasteiger partial charge is 0.0721 e. The molecule has 2 saturated carbocycles. The van der Waals surface area contributed by atoms with Gasteiger partial charge in [-0.2, -0.15) is 0 Å². The average Bonchev–Trinajstić information content (AvgIpc) is 2.73. The van der Waals surface area contributed by atoms with Crippen LogP contribution in [0, 0.1) is 17.8 Å². The fourth-order valence-corrected chi connectivity index (χ4v) is 5.23. The van der Waals surface area contributed by atoms with Crippen molar-refractivity contribution in [1.82, 2.24) is 0 Å². The molecule has 0 radical (unpaired) electrons. The van der Waals surface area contributed by atoms with Crippen molar-refractivity contribution in [2.45, 2.75) is 77.7 Å². The van der Waals surface area contributed by atoms with E-state index in [0.717, 1.165) is 23.7 Å². The van der Waals surface area contributed by atoms with Gasteiger partial charge in [-0.15, -0.1) is 0 Å². The zero-order valence-corrected chi connectivity index (χ0v) is 17.4. The highest BCUT2D eigenvalue weighted by Gasteiger charge is 2.30. The molecule has 3 rings (SSSR count). The van der Waals surface area contributed by atoms with E-state index in [4.69, 9.17) is 4.74 Å². The Morgan fingerprint density at radius 2 is 1.44 bits per heavy atom. The molecule has 2 fully saturated rings. The molecular formula is C26H38O. The highest BCUT2D eigenvalue weighted by molar-refractivity contribution is 5.25. The molecule has 0 amide bonds. The van der Waals surface area contributed by atoms with E-state index >= 15 is 0 Å². The van der Waals surface area contributed by atoms with E-state index in [2.05, 4.69) is 49.4 Å². The van der Waals surface area contributed by atoms with E-state index in [9.17, 15) is 0 Å². The van der Waals surface area contributed by atoms with Gasteiger partial charge < -0.3 is 4.74 Å². The molecular weight excluding hydrogens is 328 g/mol. The van der Waals surface area contributed by atoms with Crippen LogP contribution >= 0.6 is 0 Å². The summed E-state index contributed by atoms with van der Waals surface area (Å²) in [5, 5.41) is 0. The van der Waals surface area contributed by atoms with E-state index in [1.54, 1.807) is 5.56 Å². The number of rotatable bonds is 7. The summed E-state index contributed by atoms with van der Waals surface area (Å²) in [6, 6.07) is 9.22. The highest BCUT2D eigenvalue weighted by Crippen LogP contribution is 2.44. The van der Waals surface area contributed by atoms with Crippen molar-refractivity contribution in [1.29, 1.82) is 0 Å². The lowest BCUT2D eigenvalue weighted by Gasteiger charge is -2.37. The van der Waals surface area contributed by atoms with Crippen LogP contribution in [0.4, 0.5) is 0 Å². The second-order valence-corrected chi connectivity index (χ2v) is 8.64. The van der Waals surface area contributed by atoms with Gasteiger partial charge in [-0.25, -0.2) is 0 Å². The Labute approximate surface area is 166 Å². The van der Waals surface area contributed by atoms with Gasteiger partial charge in [0.1, 0.15) is 0 Å². The average molecular weight is 367 g/mol. The Morgan fingerprint density at radius 1 is 0.815 bits per heavy atom. The molecule has 0 bridgehead atoms. The standard InChI is InChI=1S/C26H38O/c1-3-5-19-27-20-22-9-13-24(14-10-22)26-17-15-25(16-18-26)23-11-7-21(6-4-2)8-12-23/h3-6,9-10,13-14,21,23,25-26H,7-8,11-12,15-20H2,1-2H3/t21-,23-,25-,26-. The number of hydrogen-bond acceptors (Lipinski definition) is 1. The molecule has 2 aliphatic carbocycles. The summed E-state index contributed by atoms with van der Waals surface area (Å²) in [5.74, 6) is 3.64. The first-order chi connectivity index (χ1) is 13.3. The minimum atomic E-state index is 0.707. The molecule has 1 aromatic rings. The van der Waals surface area contributed by atoms with Gasteiger partial charge in [0.05, 0.1) is 13.2 Å². The molecule has 0 unspecified atom stereocenters. The van der Waals surface area contributed by atoms with E-state index in [1.165, 1.54) is 56.9 Å². The largest absolute Gasteiger partial charge is 0.373 e. The Balaban J connectivity index is 1.42. The summed E-state index contributed by atoms with van der Waals surface area (Å²) in [5.41, 5.74) is 2.83. The van der Waals surface area contributed by atoms with Gasteiger partial charge in [-0.1, -0.05) is 48.6 Å². The maximum absolute atomic E-state index is 5.66. The predicted octanol–water partition coefficient (Wildman–Crippen LogP) is 7.44. The van der Waals surface area contributed by atoms with Crippen LogP contribution in [0.3, 0.4) is 0 Å². The van der Waals surface area contributed by atoms with Gasteiger partial charge in [0.2, 0.25) is 0 Å². The summed E-state index contributed by atoms with van der Waals surface area (Å²) in [7, 11) is 0. The second kappa shape index (κ2) is 10.9. The Morgan fingerprint density at radius 3 is 2.04 bits per heavy atom. The Bertz CT molecular complexity index is 581. The maximum atomic E-state index is 5.66. The zero-order valence-electron chi connectivity index (χ0n) is 17.4. The third-order valence-corrected chi connectivity index (χ3v) is 6.89. The lowest BCUT2D eigenvalue weighted by atomic mass is 9.68. The molecule has 1 nitrogen and oxygen atoms in total. The summed E-state index contributed by atoms with van der Waals surface area (Å²) in [6.45, 7) is 5.62. The van der Waals surface area contributed by atoms with E-state index in [0.29, 0.717) is 13.2 Å². The quantitative estimate of drug-likeness (QED) is 0.360. The minimum absolute atomic E-state index is 0.707. The lowest BCUT2D eigenvalue weighted by molar-refractivity contribution is 0.148. The molecule has 148 valence electrons. The third-order valence-electron chi connectivity index (χ3n) is 6.89. The first kappa shape index (κ1) is 20.4. The van der Waals surface area contributed by atoms with Crippen LogP contribution in [0.2, 0.25) is 0 Å². The summed E-state index contributed by atoms with van der Waals surface area (Å²) in [6.07, 6.45) is 20.2. The second-order valence-electron chi connectivity index (χ2n) is 8.64. The van der Waals surface area contributed by atoms with Crippen LogP contribution in [0.25, 0.3) is 0 Å². The van der Waals surface area contributed by atoms with Crippen molar-refractivity contribution in [3.63, 3.8) is 0 Å². The first-order valence-electron chi connectivity index (χ1n) is 11.2. The van der Waals surface area contributed by atoms with Crippen molar-refractivity contribution in [2.24, 2.45) is 17.8 Å². The summed E-state index contributed by atoms with van der Waals surface area (Å²) >= 11 is 0. The molecule has 0 spiro atoms. The van der Waals surface area contributed by atoms with E-state index in [-0.39, 0.29) is 0 Å². The Hall–Kier alpha value is -1.34. The minimum Gasteiger partial charge on any atom is -0.373 e. The molecule has 0 aliphatic heterocycles. The topological polar surface area (TPSA) is 9.23 Å². The van der Waals surface area contributed by atoms with Gasteiger partial charge in [0, 0.05) is 0 Å². The predicted molar refractivity (Wildman–Crippen MR) is 116 cm³/mol. The summed E-state index contributed by atoms with van der Waals surface area (Å²) < 4.78 is 5.66. The van der Waals surface area contributed by atoms with Crippen LogP contribution < -0.4 is 0 Å². The van der Waals surface area contributed by atoms with Crippen LogP contribution in [-0.2, 0) is 11.3 Å². The Kier molecular flexibility index (Phi) is 8.20. The molecule has 1 aromatic carbocycles.